The number of guanidine groups is 1. The number of hydrogen-bond donors (Lipinski definition) is 1. The van der Waals surface area contributed by atoms with Gasteiger partial charge in [-0.15, -0.1) is 0 Å². The summed E-state index contributed by atoms with van der Waals surface area (Å²) in [5.74, 6) is 2.25. The average molecular weight is 398 g/mol. The Balaban J connectivity index is 1.73. The normalized spacial score (nSPS) is 23.4. The topological polar surface area (TPSA) is 52.6 Å². The Kier molecular flexibility index (Phi) is 11.2. The molecule has 164 valence electrons. The van der Waals surface area contributed by atoms with Crippen LogP contribution >= 0.6 is 0 Å². The second-order valence-electron chi connectivity index (χ2n) is 8.20. The maximum absolute atomic E-state index is 5.72. The Hall–Kier alpha value is -0.890. The first kappa shape index (κ1) is 23.4. The zero-order valence-electron chi connectivity index (χ0n) is 18.7. The molecule has 2 saturated heterocycles. The van der Waals surface area contributed by atoms with Crippen LogP contribution in [0.15, 0.2) is 4.99 Å². The summed E-state index contributed by atoms with van der Waals surface area (Å²) in [6, 6.07) is 0. The minimum absolute atomic E-state index is 0.581. The lowest BCUT2D eigenvalue weighted by atomic mass is 10.1. The number of methoxy groups -OCH3 is 1. The van der Waals surface area contributed by atoms with Crippen molar-refractivity contribution in [1.29, 1.82) is 0 Å². The van der Waals surface area contributed by atoms with Gasteiger partial charge in [0.2, 0.25) is 0 Å². The fourth-order valence-corrected chi connectivity index (χ4v) is 4.01. The highest BCUT2D eigenvalue weighted by Crippen LogP contribution is 2.17. The largest absolute Gasteiger partial charge is 0.382 e. The molecule has 0 saturated carbocycles. The molecular formula is C21H43N5O2. The number of rotatable bonds is 11. The van der Waals surface area contributed by atoms with E-state index in [0.717, 1.165) is 45.3 Å². The Morgan fingerprint density at radius 2 is 1.86 bits per heavy atom. The number of nitrogens with zero attached hydrogens (tertiary/aromatic N) is 4. The third-order valence-electron chi connectivity index (χ3n) is 5.74. The van der Waals surface area contributed by atoms with Gasteiger partial charge in [-0.2, -0.15) is 0 Å². The van der Waals surface area contributed by atoms with Gasteiger partial charge in [-0.25, -0.2) is 0 Å². The second-order valence-corrected chi connectivity index (χ2v) is 8.20. The lowest BCUT2D eigenvalue weighted by Gasteiger charge is -2.35. The molecule has 0 aromatic heterocycles. The molecule has 2 rings (SSSR count). The number of ether oxygens (including phenoxy) is 2. The number of likely N-dealkylation sites (tertiary alicyclic amines) is 1. The predicted octanol–water partition coefficient (Wildman–Crippen LogP) is 1.21. The highest BCUT2D eigenvalue weighted by Gasteiger charge is 2.25. The van der Waals surface area contributed by atoms with Crippen LogP contribution in [-0.4, -0.2) is 113 Å². The van der Waals surface area contributed by atoms with E-state index in [1.165, 1.54) is 39.1 Å². The van der Waals surface area contributed by atoms with Crippen molar-refractivity contribution in [1.82, 2.24) is 20.0 Å². The van der Waals surface area contributed by atoms with Gasteiger partial charge in [0.25, 0.3) is 0 Å². The lowest BCUT2D eigenvalue weighted by Crippen LogP contribution is -2.47. The van der Waals surface area contributed by atoms with Crippen LogP contribution in [0.3, 0.4) is 0 Å². The molecule has 2 fully saturated rings. The average Bonchev–Trinajstić information content (AvgIpc) is 3.18. The van der Waals surface area contributed by atoms with Gasteiger partial charge in [0.15, 0.2) is 5.96 Å². The molecule has 2 heterocycles. The van der Waals surface area contributed by atoms with Crippen molar-refractivity contribution in [2.45, 2.75) is 27.2 Å². The first-order valence-corrected chi connectivity index (χ1v) is 11.2. The van der Waals surface area contributed by atoms with Crippen molar-refractivity contribution >= 4 is 5.96 Å². The molecule has 0 amide bonds. The van der Waals surface area contributed by atoms with Gasteiger partial charge in [0.05, 0.1) is 19.8 Å². The molecule has 2 aliphatic rings. The predicted molar refractivity (Wildman–Crippen MR) is 116 cm³/mol. The SMILES string of the molecule is CCNC(=NCC(C)CN1CCN(CC)CC1)N1CCC(COCCOC)C1. The van der Waals surface area contributed by atoms with Crippen molar-refractivity contribution in [2.24, 2.45) is 16.8 Å². The Labute approximate surface area is 172 Å². The first-order chi connectivity index (χ1) is 13.7. The van der Waals surface area contributed by atoms with E-state index >= 15 is 0 Å². The van der Waals surface area contributed by atoms with Crippen LogP contribution in [0.5, 0.6) is 0 Å². The number of hydrogen-bond acceptors (Lipinski definition) is 5. The van der Waals surface area contributed by atoms with Gasteiger partial charge in [0, 0.05) is 71.9 Å². The smallest absolute Gasteiger partial charge is 0.193 e. The summed E-state index contributed by atoms with van der Waals surface area (Å²) < 4.78 is 10.8. The molecule has 28 heavy (non-hydrogen) atoms. The van der Waals surface area contributed by atoms with Crippen molar-refractivity contribution in [3.05, 3.63) is 0 Å². The van der Waals surface area contributed by atoms with Crippen molar-refractivity contribution in [3.63, 3.8) is 0 Å². The number of aliphatic imine (C=N–C) groups is 1. The molecule has 2 atom stereocenters. The van der Waals surface area contributed by atoms with Gasteiger partial charge < -0.3 is 29.5 Å². The van der Waals surface area contributed by atoms with Crippen molar-refractivity contribution < 1.29 is 9.47 Å². The van der Waals surface area contributed by atoms with Crippen molar-refractivity contribution in [2.75, 3.05) is 92.4 Å². The van der Waals surface area contributed by atoms with E-state index in [4.69, 9.17) is 14.5 Å². The number of nitrogens with one attached hydrogen (secondary N) is 1. The zero-order valence-corrected chi connectivity index (χ0v) is 18.7. The quantitative estimate of drug-likeness (QED) is 0.321. The highest BCUT2D eigenvalue weighted by atomic mass is 16.5. The molecule has 0 aliphatic carbocycles. The van der Waals surface area contributed by atoms with Crippen LogP contribution < -0.4 is 5.32 Å². The maximum atomic E-state index is 5.72. The Morgan fingerprint density at radius 1 is 1.11 bits per heavy atom. The van der Waals surface area contributed by atoms with E-state index in [0.29, 0.717) is 25.0 Å². The van der Waals surface area contributed by atoms with E-state index < -0.39 is 0 Å². The number of likely N-dealkylation sites (N-methyl/N-ethyl adjacent to an activating group) is 1. The molecule has 0 aromatic rings. The molecule has 7 nitrogen and oxygen atoms in total. The first-order valence-electron chi connectivity index (χ1n) is 11.2. The third kappa shape index (κ3) is 8.23. The van der Waals surface area contributed by atoms with Crippen LogP contribution in [0.4, 0.5) is 0 Å². The molecule has 7 heteroatoms. The molecule has 0 aromatic carbocycles. The maximum Gasteiger partial charge on any atom is 0.193 e. The fourth-order valence-electron chi connectivity index (χ4n) is 4.01. The van der Waals surface area contributed by atoms with E-state index in [-0.39, 0.29) is 0 Å². The third-order valence-corrected chi connectivity index (χ3v) is 5.74. The van der Waals surface area contributed by atoms with Gasteiger partial charge in [0.1, 0.15) is 0 Å². The van der Waals surface area contributed by atoms with Crippen LogP contribution in [-0.2, 0) is 9.47 Å². The van der Waals surface area contributed by atoms with Crippen LogP contribution in [0.1, 0.15) is 27.2 Å². The molecule has 0 spiro atoms. The van der Waals surface area contributed by atoms with Gasteiger partial charge in [-0.05, 0) is 25.8 Å². The summed E-state index contributed by atoms with van der Waals surface area (Å²) in [5, 5.41) is 3.49. The summed E-state index contributed by atoms with van der Waals surface area (Å²) in [4.78, 5) is 12.5. The van der Waals surface area contributed by atoms with Gasteiger partial charge in [-0.1, -0.05) is 13.8 Å². The molecule has 2 unspecified atom stereocenters. The molecule has 2 aliphatic heterocycles. The summed E-state index contributed by atoms with van der Waals surface area (Å²) in [6.45, 7) is 19.9. The van der Waals surface area contributed by atoms with E-state index in [1.807, 2.05) is 0 Å². The minimum Gasteiger partial charge on any atom is -0.382 e. The molecule has 0 bridgehead atoms. The second kappa shape index (κ2) is 13.4. The summed E-state index contributed by atoms with van der Waals surface area (Å²) in [6.07, 6.45) is 1.18. The zero-order chi connectivity index (χ0) is 20.2. The van der Waals surface area contributed by atoms with Crippen molar-refractivity contribution in [3.8, 4) is 0 Å². The number of piperazine rings is 1. The van der Waals surface area contributed by atoms with E-state index in [9.17, 15) is 0 Å². The Morgan fingerprint density at radius 3 is 2.54 bits per heavy atom. The highest BCUT2D eigenvalue weighted by molar-refractivity contribution is 5.80. The standard InChI is InChI=1S/C21H43N5O2/c1-5-22-21(26-8-7-20(17-26)18-28-14-13-27-4)23-15-19(3)16-25-11-9-24(6-2)10-12-25/h19-20H,5-18H2,1-4H3,(H,22,23). The summed E-state index contributed by atoms with van der Waals surface area (Å²) in [5.41, 5.74) is 0. The summed E-state index contributed by atoms with van der Waals surface area (Å²) >= 11 is 0. The van der Waals surface area contributed by atoms with E-state index in [1.54, 1.807) is 7.11 Å². The van der Waals surface area contributed by atoms with E-state index in [2.05, 4.69) is 40.8 Å². The molecule has 0 radical (unpaired) electrons. The minimum atomic E-state index is 0.581. The summed E-state index contributed by atoms with van der Waals surface area (Å²) in [7, 11) is 1.71. The van der Waals surface area contributed by atoms with Crippen LogP contribution in [0.2, 0.25) is 0 Å². The lowest BCUT2D eigenvalue weighted by molar-refractivity contribution is 0.0536. The monoisotopic (exact) mass is 397 g/mol. The van der Waals surface area contributed by atoms with Gasteiger partial charge >= 0.3 is 0 Å². The van der Waals surface area contributed by atoms with Crippen LogP contribution in [0, 0.1) is 11.8 Å². The molecule has 1 N–H and O–H groups in total. The molecular weight excluding hydrogens is 354 g/mol. The van der Waals surface area contributed by atoms with Crippen LogP contribution in [0.25, 0.3) is 0 Å². The van der Waals surface area contributed by atoms with Gasteiger partial charge in [-0.3, -0.25) is 4.99 Å². The fraction of sp³-hybridized carbons (Fsp3) is 0.952. The Bertz CT molecular complexity index is 441.